The molecule has 0 aromatic heterocycles. The van der Waals surface area contributed by atoms with E-state index in [0.717, 1.165) is 16.9 Å². The lowest BCUT2D eigenvalue weighted by molar-refractivity contribution is 0.273. The zero-order chi connectivity index (χ0) is 14.2. The third kappa shape index (κ3) is 4.41. The Bertz CT molecular complexity index is 568. The summed E-state index contributed by atoms with van der Waals surface area (Å²) >= 11 is 0. The maximum atomic E-state index is 9.87. The second kappa shape index (κ2) is 7.31. The minimum Gasteiger partial charge on any atom is -0.497 e. The van der Waals surface area contributed by atoms with Crippen LogP contribution >= 0.6 is 0 Å². The molecule has 0 aliphatic rings. The van der Waals surface area contributed by atoms with Crippen LogP contribution in [0.3, 0.4) is 0 Å². The lowest BCUT2D eigenvalue weighted by Crippen LogP contribution is -1.95. The molecule has 2 aromatic carbocycles. The number of ether oxygens (including phenoxy) is 1. The average molecular weight is 266 g/mol. The molecular weight excluding hydrogens is 248 g/mol. The molecule has 102 valence electrons. The van der Waals surface area contributed by atoms with Gasteiger partial charge in [0.1, 0.15) is 5.75 Å². The zero-order valence-corrected chi connectivity index (χ0v) is 11.4. The normalized spacial score (nSPS) is 12.9. The minimum atomic E-state index is -0.600. The fourth-order valence-corrected chi connectivity index (χ4v) is 1.76. The molecule has 2 aromatic rings. The highest BCUT2D eigenvalue weighted by molar-refractivity contribution is 5.54. The molecule has 2 nitrogen and oxygen atoms in total. The summed E-state index contributed by atoms with van der Waals surface area (Å²) in [7, 11) is 1.64. The molecule has 0 fully saturated rings. The van der Waals surface area contributed by atoms with E-state index in [0.29, 0.717) is 0 Å². The van der Waals surface area contributed by atoms with Crippen molar-refractivity contribution in [2.75, 3.05) is 7.11 Å². The molecule has 2 rings (SSSR count). The third-order valence-electron chi connectivity index (χ3n) is 2.89. The van der Waals surface area contributed by atoms with Gasteiger partial charge in [-0.15, -0.1) is 0 Å². The number of hydrogen-bond donors (Lipinski definition) is 1. The van der Waals surface area contributed by atoms with Crippen LogP contribution < -0.4 is 4.74 Å². The first-order valence-electron chi connectivity index (χ1n) is 6.51. The molecule has 1 unspecified atom stereocenters. The van der Waals surface area contributed by atoms with Gasteiger partial charge in [-0.05, 0) is 23.3 Å². The molecule has 20 heavy (non-hydrogen) atoms. The first kappa shape index (κ1) is 14.1. The number of aliphatic hydroxyl groups excluding tert-OH is 1. The first-order valence-corrected chi connectivity index (χ1v) is 6.51. The van der Waals surface area contributed by atoms with Gasteiger partial charge in [-0.2, -0.15) is 0 Å². The molecule has 0 spiro atoms. The maximum Gasteiger partial charge on any atom is 0.118 e. The predicted molar refractivity (Wildman–Crippen MR) is 83.5 cm³/mol. The van der Waals surface area contributed by atoms with Crippen molar-refractivity contribution in [2.24, 2.45) is 0 Å². The van der Waals surface area contributed by atoms with Crippen molar-refractivity contribution >= 4 is 12.2 Å². The molecule has 1 atom stereocenters. The Morgan fingerprint density at radius 3 is 1.95 bits per heavy atom. The number of benzene rings is 2. The number of rotatable bonds is 5. The van der Waals surface area contributed by atoms with Crippen LogP contribution in [0.4, 0.5) is 0 Å². The molecule has 0 aliphatic carbocycles. The van der Waals surface area contributed by atoms with E-state index in [9.17, 15) is 5.11 Å². The monoisotopic (exact) mass is 266 g/mol. The Morgan fingerprint density at radius 2 is 1.40 bits per heavy atom. The van der Waals surface area contributed by atoms with Crippen LogP contribution in [0.2, 0.25) is 0 Å². The van der Waals surface area contributed by atoms with Crippen molar-refractivity contribution in [3.8, 4) is 5.75 Å². The molecule has 0 saturated carbocycles. The average Bonchev–Trinajstić information content (AvgIpc) is 2.52. The van der Waals surface area contributed by atoms with Crippen molar-refractivity contribution in [3.05, 3.63) is 77.9 Å². The Kier molecular flexibility index (Phi) is 5.15. The van der Waals surface area contributed by atoms with Gasteiger partial charge >= 0.3 is 0 Å². The van der Waals surface area contributed by atoms with Crippen LogP contribution in [0.15, 0.2) is 66.7 Å². The smallest absolute Gasteiger partial charge is 0.118 e. The van der Waals surface area contributed by atoms with E-state index in [1.54, 1.807) is 19.3 Å². The van der Waals surface area contributed by atoms with Crippen LogP contribution in [0.5, 0.6) is 5.75 Å². The summed E-state index contributed by atoms with van der Waals surface area (Å²) in [6.45, 7) is 0. The molecule has 0 amide bonds. The Morgan fingerprint density at radius 1 is 0.850 bits per heavy atom. The summed E-state index contributed by atoms with van der Waals surface area (Å²) in [6, 6.07) is 17.6. The van der Waals surface area contributed by atoms with E-state index in [1.165, 1.54) is 0 Å². The summed E-state index contributed by atoms with van der Waals surface area (Å²) in [5.74, 6) is 0.826. The van der Waals surface area contributed by atoms with Gasteiger partial charge in [-0.25, -0.2) is 0 Å². The maximum absolute atomic E-state index is 9.87. The van der Waals surface area contributed by atoms with E-state index < -0.39 is 6.10 Å². The molecule has 2 heteroatoms. The minimum absolute atomic E-state index is 0.600. The summed E-state index contributed by atoms with van der Waals surface area (Å²) in [6.07, 6.45) is 6.70. The second-order valence-electron chi connectivity index (χ2n) is 4.39. The van der Waals surface area contributed by atoms with Crippen molar-refractivity contribution in [2.45, 2.75) is 6.10 Å². The fourth-order valence-electron chi connectivity index (χ4n) is 1.76. The van der Waals surface area contributed by atoms with Gasteiger partial charge in [0.15, 0.2) is 0 Å². The Labute approximate surface area is 119 Å². The van der Waals surface area contributed by atoms with Crippen LogP contribution in [-0.4, -0.2) is 18.3 Å². The molecule has 0 heterocycles. The quantitative estimate of drug-likeness (QED) is 0.892. The van der Waals surface area contributed by atoms with Gasteiger partial charge in [0.2, 0.25) is 0 Å². The number of methoxy groups -OCH3 is 1. The Hall–Kier alpha value is -2.32. The van der Waals surface area contributed by atoms with Gasteiger partial charge < -0.3 is 9.84 Å². The molecule has 0 radical (unpaired) electrons. The van der Waals surface area contributed by atoms with Crippen molar-refractivity contribution in [1.29, 1.82) is 0 Å². The topological polar surface area (TPSA) is 29.5 Å². The van der Waals surface area contributed by atoms with Gasteiger partial charge in [-0.3, -0.25) is 0 Å². The van der Waals surface area contributed by atoms with E-state index in [4.69, 9.17) is 4.74 Å². The predicted octanol–water partition coefficient (Wildman–Crippen LogP) is 3.78. The SMILES string of the molecule is COc1ccc(/C=C/C(O)/C=C/c2ccccc2)cc1. The summed E-state index contributed by atoms with van der Waals surface area (Å²) in [4.78, 5) is 0. The van der Waals surface area contributed by atoms with Crippen LogP contribution in [0, 0.1) is 0 Å². The standard InChI is InChI=1S/C18H18O2/c1-20-18-13-9-16(10-14-18)8-12-17(19)11-7-15-5-3-2-4-6-15/h2-14,17,19H,1H3/b11-7+,12-8+. The number of aliphatic hydroxyl groups is 1. The van der Waals surface area contributed by atoms with E-state index in [2.05, 4.69) is 0 Å². The van der Waals surface area contributed by atoms with E-state index in [1.807, 2.05) is 66.7 Å². The van der Waals surface area contributed by atoms with Crippen molar-refractivity contribution in [1.82, 2.24) is 0 Å². The number of hydrogen-bond acceptors (Lipinski definition) is 2. The lowest BCUT2D eigenvalue weighted by Gasteiger charge is -2.00. The molecule has 0 bridgehead atoms. The largest absolute Gasteiger partial charge is 0.497 e. The third-order valence-corrected chi connectivity index (χ3v) is 2.89. The van der Waals surface area contributed by atoms with Crippen LogP contribution in [0.1, 0.15) is 11.1 Å². The molecule has 1 N–H and O–H groups in total. The van der Waals surface area contributed by atoms with E-state index in [-0.39, 0.29) is 0 Å². The highest BCUT2D eigenvalue weighted by Gasteiger charge is 1.94. The van der Waals surface area contributed by atoms with Gasteiger partial charge in [0.05, 0.1) is 13.2 Å². The second-order valence-corrected chi connectivity index (χ2v) is 4.39. The lowest BCUT2D eigenvalue weighted by atomic mass is 10.1. The molecule has 0 saturated heterocycles. The summed E-state index contributed by atoms with van der Waals surface area (Å²) < 4.78 is 5.10. The van der Waals surface area contributed by atoms with Gasteiger partial charge in [0.25, 0.3) is 0 Å². The van der Waals surface area contributed by atoms with Gasteiger partial charge in [-0.1, -0.05) is 66.8 Å². The first-order chi connectivity index (χ1) is 9.78. The van der Waals surface area contributed by atoms with Crippen molar-refractivity contribution < 1.29 is 9.84 Å². The fraction of sp³-hybridized carbons (Fsp3) is 0.111. The van der Waals surface area contributed by atoms with Gasteiger partial charge in [0, 0.05) is 0 Å². The van der Waals surface area contributed by atoms with Crippen LogP contribution in [0.25, 0.3) is 12.2 Å². The van der Waals surface area contributed by atoms with E-state index >= 15 is 0 Å². The molecular formula is C18H18O2. The molecule has 0 aliphatic heterocycles. The summed E-state index contributed by atoms with van der Waals surface area (Å²) in [5, 5.41) is 9.87. The Balaban J connectivity index is 1.94. The summed E-state index contributed by atoms with van der Waals surface area (Å²) in [5.41, 5.74) is 2.10. The highest BCUT2D eigenvalue weighted by Crippen LogP contribution is 2.12. The zero-order valence-electron chi connectivity index (χ0n) is 11.4. The van der Waals surface area contributed by atoms with Crippen molar-refractivity contribution in [3.63, 3.8) is 0 Å². The highest BCUT2D eigenvalue weighted by atomic mass is 16.5. The van der Waals surface area contributed by atoms with Crippen LogP contribution in [-0.2, 0) is 0 Å².